The van der Waals surface area contributed by atoms with Gasteiger partial charge in [0.1, 0.15) is 0 Å². The molecule has 2 rings (SSSR count). The fraction of sp³-hybridized carbons (Fsp3) is 0.571. The third-order valence-corrected chi connectivity index (χ3v) is 4.39. The Balaban J connectivity index is 2.03. The van der Waals surface area contributed by atoms with Gasteiger partial charge in [-0.1, -0.05) is 22.9 Å². The van der Waals surface area contributed by atoms with E-state index in [-0.39, 0.29) is 10.6 Å². The number of nitrogens with one attached hydrogen (secondary N) is 1. The van der Waals surface area contributed by atoms with E-state index in [1.807, 2.05) is 6.07 Å². The molecule has 0 spiro atoms. The van der Waals surface area contributed by atoms with Crippen molar-refractivity contribution >= 4 is 21.6 Å². The predicted molar refractivity (Wildman–Crippen MR) is 82.7 cm³/mol. The first-order valence-corrected chi connectivity index (χ1v) is 7.61. The average molecular weight is 342 g/mol. The molecule has 1 aromatic rings. The largest absolute Gasteiger partial charge is 0.309 e. The Hall–Kier alpha value is -0.980. The van der Waals surface area contributed by atoms with Gasteiger partial charge in [0, 0.05) is 35.2 Å². The molecule has 2 atom stereocenters. The molecule has 5 nitrogen and oxygen atoms in total. The van der Waals surface area contributed by atoms with Crippen molar-refractivity contribution in [2.24, 2.45) is 5.92 Å². The molecule has 110 valence electrons. The van der Waals surface area contributed by atoms with Crippen LogP contribution in [0.3, 0.4) is 0 Å². The molecule has 0 radical (unpaired) electrons. The van der Waals surface area contributed by atoms with Crippen LogP contribution in [-0.4, -0.2) is 36.0 Å². The second-order valence-corrected chi connectivity index (χ2v) is 6.46. The standard InChI is InChI=1S/C14H20BrN3O2/c1-10-9-17(2)6-5-13(10)16-8-11-7-12(15)3-4-14(11)18(19)20/h3-4,7,10,13,16H,5-6,8-9H2,1-2H3. The van der Waals surface area contributed by atoms with Crippen LogP contribution in [0.4, 0.5) is 5.69 Å². The van der Waals surface area contributed by atoms with Gasteiger partial charge in [-0.15, -0.1) is 0 Å². The number of likely N-dealkylation sites (tertiary alicyclic amines) is 1. The van der Waals surface area contributed by atoms with Crippen LogP contribution >= 0.6 is 15.9 Å². The van der Waals surface area contributed by atoms with Crippen molar-refractivity contribution in [2.45, 2.75) is 25.9 Å². The van der Waals surface area contributed by atoms with Crippen LogP contribution in [0.15, 0.2) is 22.7 Å². The van der Waals surface area contributed by atoms with Gasteiger partial charge < -0.3 is 10.2 Å². The van der Waals surface area contributed by atoms with Gasteiger partial charge in [-0.25, -0.2) is 0 Å². The molecule has 1 heterocycles. The van der Waals surface area contributed by atoms with E-state index in [4.69, 9.17) is 0 Å². The van der Waals surface area contributed by atoms with Crippen LogP contribution in [0.5, 0.6) is 0 Å². The Kier molecular flexibility index (Phi) is 5.12. The van der Waals surface area contributed by atoms with E-state index >= 15 is 0 Å². The molecule has 1 aliphatic rings. The maximum absolute atomic E-state index is 11.0. The first kappa shape index (κ1) is 15.4. The molecular weight excluding hydrogens is 322 g/mol. The lowest BCUT2D eigenvalue weighted by molar-refractivity contribution is -0.385. The van der Waals surface area contributed by atoms with E-state index in [2.05, 4.69) is 40.1 Å². The number of nitro groups is 1. The van der Waals surface area contributed by atoms with Gasteiger partial charge in [-0.2, -0.15) is 0 Å². The molecule has 1 aromatic carbocycles. The average Bonchev–Trinajstić information content (AvgIpc) is 2.37. The Bertz CT molecular complexity index is 495. The summed E-state index contributed by atoms with van der Waals surface area (Å²) in [5.41, 5.74) is 0.914. The highest BCUT2D eigenvalue weighted by atomic mass is 79.9. The zero-order chi connectivity index (χ0) is 14.7. The SMILES string of the molecule is CC1CN(C)CCC1NCc1cc(Br)ccc1[N+](=O)[O-]. The first-order chi connectivity index (χ1) is 9.47. The van der Waals surface area contributed by atoms with Crippen molar-refractivity contribution in [3.05, 3.63) is 38.3 Å². The smallest absolute Gasteiger partial charge is 0.273 e. The second-order valence-electron chi connectivity index (χ2n) is 5.55. The summed E-state index contributed by atoms with van der Waals surface area (Å²) in [7, 11) is 2.13. The predicted octanol–water partition coefficient (Wildman–Crippen LogP) is 2.79. The minimum Gasteiger partial charge on any atom is -0.309 e. The number of hydrogen-bond acceptors (Lipinski definition) is 4. The Morgan fingerprint density at radius 1 is 1.55 bits per heavy atom. The van der Waals surface area contributed by atoms with E-state index in [1.165, 1.54) is 0 Å². The van der Waals surface area contributed by atoms with Crippen molar-refractivity contribution in [1.29, 1.82) is 0 Å². The van der Waals surface area contributed by atoms with Gasteiger partial charge >= 0.3 is 0 Å². The Labute approximate surface area is 127 Å². The quantitative estimate of drug-likeness (QED) is 0.675. The molecule has 0 aliphatic carbocycles. The molecule has 0 saturated carbocycles. The third-order valence-electron chi connectivity index (χ3n) is 3.90. The summed E-state index contributed by atoms with van der Waals surface area (Å²) in [5, 5.41) is 14.5. The Morgan fingerprint density at radius 2 is 2.30 bits per heavy atom. The lowest BCUT2D eigenvalue weighted by Crippen LogP contribution is -2.46. The molecule has 6 heteroatoms. The number of rotatable bonds is 4. The van der Waals surface area contributed by atoms with E-state index in [0.29, 0.717) is 18.5 Å². The van der Waals surface area contributed by atoms with E-state index in [1.54, 1.807) is 12.1 Å². The monoisotopic (exact) mass is 341 g/mol. The molecular formula is C14H20BrN3O2. The van der Waals surface area contributed by atoms with Crippen LogP contribution in [0.25, 0.3) is 0 Å². The van der Waals surface area contributed by atoms with Gasteiger partial charge in [0.25, 0.3) is 5.69 Å². The number of nitro benzene ring substituents is 1. The zero-order valence-electron chi connectivity index (χ0n) is 11.8. The summed E-state index contributed by atoms with van der Waals surface area (Å²) in [6.07, 6.45) is 1.08. The lowest BCUT2D eigenvalue weighted by Gasteiger charge is -2.35. The minimum atomic E-state index is -0.318. The van der Waals surface area contributed by atoms with Gasteiger partial charge in [0.15, 0.2) is 0 Å². The molecule has 0 amide bonds. The summed E-state index contributed by atoms with van der Waals surface area (Å²) >= 11 is 3.37. The first-order valence-electron chi connectivity index (χ1n) is 6.82. The van der Waals surface area contributed by atoms with Crippen molar-refractivity contribution in [3.8, 4) is 0 Å². The summed E-state index contributed by atoms with van der Waals surface area (Å²) in [4.78, 5) is 13.1. The lowest BCUT2D eigenvalue weighted by atomic mass is 9.94. The van der Waals surface area contributed by atoms with E-state index in [0.717, 1.165) is 29.5 Å². The van der Waals surface area contributed by atoms with Crippen LogP contribution < -0.4 is 5.32 Å². The number of piperidine rings is 1. The van der Waals surface area contributed by atoms with Crippen molar-refractivity contribution in [2.75, 3.05) is 20.1 Å². The third kappa shape index (κ3) is 3.77. The van der Waals surface area contributed by atoms with Gasteiger partial charge in [-0.05, 0) is 38.1 Å². The van der Waals surface area contributed by atoms with Gasteiger partial charge in [-0.3, -0.25) is 10.1 Å². The number of benzene rings is 1. The highest BCUT2D eigenvalue weighted by molar-refractivity contribution is 9.10. The zero-order valence-corrected chi connectivity index (χ0v) is 13.4. The van der Waals surface area contributed by atoms with Crippen molar-refractivity contribution in [1.82, 2.24) is 10.2 Å². The van der Waals surface area contributed by atoms with Crippen LogP contribution in [0.1, 0.15) is 18.9 Å². The molecule has 1 fully saturated rings. The Morgan fingerprint density at radius 3 is 2.95 bits per heavy atom. The molecule has 1 N–H and O–H groups in total. The van der Waals surface area contributed by atoms with Crippen molar-refractivity contribution < 1.29 is 4.92 Å². The van der Waals surface area contributed by atoms with E-state index in [9.17, 15) is 10.1 Å². The maximum Gasteiger partial charge on any atom is 0.273 e. The molecule has 1 aliphatic heterocycles. The van der Waals surface area contributed by atoms with Crippen LogP contribution in [-0.2, 0) is 6.54 Å². The second kappa shape index (κ2) is 6.65. The summed E-state index contributed by atoms with van der Waals surface area (Å²) in [5.74, 6) is 0.556. The summed E-state index contributed by atoms with van der Waals surface area (Å²) in [6, 6.07) is 5.51. The molecule has 0 bridgehead atoms. The maximum atomic E-state index is 11.0. The van der Waals surface area contributed by atoms with Crippen LogP contribution in [0, 0.1) is 16.0 Å². The fourth-order valence-electron chi connectivity index (χ4n) is 2.77. The molecule has 1 saturated heterocycles. The normalized spacial score (nSPS) is 23.8. The van der Waals surface area contributed by atoms with Crippen molar-refractivity contribution in [3.63, 3.8) is 0 Å². The van der Waals surface area contributed by atoms with Crippen LogP contribution in [0.2, 0.25) is 0 Å². The number of hydrogen-bond donors (Lipinski definition) is 1. The highest BCUT2D eigenvalue weighted by Gasteiger charge is 2.24. The fourth-order valence-corrected chi connectivity index (χ4v) is 3.18. The molecule has 20 heavy (non-hydrogen) atoms. The van der Waals surface area contributed by atoms with E-state index < -0.39 is 0 Å². The summed E-state index contributed by atoms with van der Waals surface area (Å²) < 4.78 is 0.872. The summed E-state index contributed by atoms with van der Waals surface area (Å²) in [6.45, 7) is 4.90. The number of halogens is 1. The van der Waals surface area contributed by atoms with Gasteiger partial charge in [0.05, 0.1) is 4.92 Å². The van der Waals surface area contributed by atoms with Gasteiger partial charge in [0.2, 0.25) is 0 Å². The molecule has 0 aromatic heterocycles. The number of nitrogens with zero attached hydrogens (tertiary/aromatic N) is 2. The topological polar surface area (TPSA) is 58.4 Å². The minimum absolute atomic E-state index is 0.182. The molecule has 2 unspecified atom stereocenters. The highest BCUT2D eigenvalue weighted by Crippen LogP contribution is 2.24.